The second-order valence-corrected chi connectivity index (χ2v) is 8.99. The molecule has 1 aromatic heterocycles. The van der Waals surface area contributed by atoms with E-state index in [4.69, 9.17) is 12.2 Å². The van der Waals surface area contributed by atoms with Crippen LogP contribution in [0.25, 0.3) is 17.0 Å². The Hall–Kier alpha value is -3.29. The number of thiocarbonyl (C=S) groups is 1. The second kappa shape index (κ2) is 8.33. The maximum atomic E-state index is 14.2. The Morgan fingerprint density at radius 1 is 0.938 bits per heavy atom. The van der Waals surface area contributed by atoms with Gasteiger partial charge in [0.25, 0.3) is 5.91 Å². The number of benzene rings is 3. The van der Waals surface area contributed by atoms with Gasteiger partial charge in [-0.15, -0.1) is 0 Å². The highest BCUT2D eigenvalue weighted by molar-refractivity contribution is 8.27. The van der Waals surface area contributed by atoms with Gasteiger partial charge in [-0.05, 0) is 42.5 Å². The van der Waals surface area contributed by atoms with E-state index < -0.39 is 0 Å². The third-order valence-corrected chi connectivity index (χ3v) is 6.59. The van der Waals surface area contributed by atoms with Crippen molar-refractivity contribution in [2.75, 3.05) is 4.90 Å². The predicted octanol–water partition coefficient (Wildman–Crippen LogP) is 6.37. The third kappa shape index (κ3) is 3.74. The van der Waals surface area contributed by atoms with Gasteiger partial charge >= 0.3 is 0 Å². The minimum Gasteiger partial charge on any atom is -0.342 e. The Morgan fingerprint density at radius 2 is 1.66 bits per heavy atom. The molecule has 0 bridgehead atoms. The summed E-state index contributed by atoms with van der Waals surface area (Å²) in [6.07, 6.45) is 3.73. The van der Waals surface area contributed by atoms with Gasteiger partial charge in [-0.3, -0.25) is 9.69 Å². The Labute approximate surface area is 193 Å². The first-order chi connectivity index (χ1) is 15.5. The minimum absolute atomic E-state index is 0.252. The fourth-order valence-corrected chi connectivity index (χ4v) is 5.04. The topological polar surface area (TPSA) is 25.2 Å². The van der Waals surface area contributed by atoms with Crippen molar-refractivity contribution >= 4 is 56.9 Å². The number of carbonyl (C=O) groups excluding carboxylic acids is 1. The molecular weight excluding hydrogens is 446 g/mol. The maximum Gasteiger partial charge on any atom is 0.270 e. The van der Waals surface area contributed by atoms with E-state index in [0.29, 0.717) is 27.0 Å². The average Bonchev–Trinajstić information content (AvgIpc) is 3.27. The summed E-state index contributed by atoms with van der Waals surface area (Å²) in [5, 5.41) is 0.955. The molecular formula is C25H16F2N2OS2. The number of para-hydroxylation sites is 1. The first-order valence-corrected chi connectivity index (χ1v) is 11.1. The van der Waals surface area contributed by atoms with Gasteiger partial charge in [0.1, 0.15) is 11.6 Å². The van der Waals surface area contributed by atoms with Crippen LogP contribution in [-0.2, 0) is 11.3 Å². The molecule has 0 radical (unpaired) electrons. The van der Waals surface area contributed by atoms with Crippen molar-refractivity contribution in [2.24, 2.45) is 0 Å². The van der Waals surface area contributed by atoms with Crippen LogP contribution in [0, 0.1) is 11.6 Å². The Bertz CT molecular complexity index is 1390. The van der Waals surface area contributed by atoms with Gasteiger partial charge < -0.3 is 4.57 Å². The quantitative estimate of drug-likeness (QED) is 0.260. The van der Waals surface area contributed by atoms with E-state index in [1.165, 1.54) is 47.0 Å². The van der Waals surface area contributed by atoms with E-state index in [0.717, 1.165) is 16.5 Å². The van der Waals surface area contributed by atoms with Crippen molar-refractivity contribution in [3.63, 3.8) is 0 Å². The van der Waals surface area contributed by atoms with Crippen molar-refractivity contribution in [1.29, 1.82) is 0 Å². The molecule has 2 heterocycles. The Morgan fingerprint density at radius 3 is 2.44 bits per heavy atom. The van der Waals surface area contributed by atoms with Gasteiger partial charge in [0.05, 0.1) is 17.1 Å². The molecule has 0 saturated carbocycles. The van der Waals surface area contributed by atoms with E-state index in [9.17, 15) is 13.6 Å². The lowest BCUT2D eigenvalue weighted by Gasteiger charge is -2.14. The van der Waals surface area contributed by atoms with Crippen LogP contribution in [-0.4, -0.2) is 14.8 Å². The van der Waals surface area contributed by atoms with Gasteiger partial charge in [-0.25, -0.2) is 8.78 Å². The van der Waals surface area contributed by atoms with E-state index in [1.807, 2.05) is 47.2 Å². The number of anilines is 1. The molecule has 3 aromatic carbocycles. The molecule has 1 aliphatic rings. The highest BCUT2D eigenvalue weighted by Crippen LogP contribution is 2.37. The molecule has 1 fully saturated rings. The molecule has 3 nitrogen and oxygen atoms in total. The van der Waals surface area contributed by atoms with Crippen LogP contribution in [0.15, 0.2) is 83.9 Å². The highest BCUT2D eigenvalue weighted by atomic mass is 32.2. The van der Waals surface area contributed by atoms with Gasteiger partial charge in [0.15, 0.2) is 4.32 Å². The first-order valence-electron chi connectivity index (χ1n) is 9.86. The zero-order valence-electron chi connectivity index (χ0n) is 16.7. The summed E-state index contributed by atoms with van der Waals surface area (Å²) in [5.74, 6) is -0.887. The third-order valence-electron chi connectivity index (χ3n) is 5.28. The van der Waals surface area contributed by atoms with Crippen LogP contribution in [0.1, 0.15) is 11.1 Å². The monoisotopic (exact) mass is 462 g/mol. The number of rotatable bonds is 4. The second-order valence-electron chi connectivity index (χ2n) is 7.31. The normalized spacial score (nSPS) is 15.3. The number of halogens is 2. The van der Waals surface area contributed by atoms with E-state index in [-0.39, 0.29) is 17.5 Å². The summed E-state index contributed by atoms with van der Waals surface area (Å²) >= 11 is 6.62. The highest BCUT2D eigenvalue weighted by Gasteiger charge is 2.33. The van der Waals surface area contributed by atoms with Crippen molar-refractivity contribution in [3.05, 3.63) is 107 Å². The van der Waals surface area contributed by atoms with Crippen molar-refractivity contribution < 1.29 is 13.6 Å². The molecule has 0 spiro atoms. The van der Waals surface area contributed by atoms with Crippen molar-refractivity contribution in [2.45, 2.75) is 6.54 Å². The number of fused-ring (bicyclic) bond motifs is 1. The van der Waals surface area contributed by atoms with Gasteiger partial charge in [0, 0.05) is 28.2 Å². The van der Waals surface area contributed by atoms with E-state index in [2.05, 4.69) is 0 Å². The number of amides is 1. The molecule has 0 atom stereocenters. The molecule has 32 heavy (non-hydrogen) atoms. The fourth-order valence-electron chi connectivity index (χ4n) is 3.75. The minimum atomic E-state index is -0.377. The van der Waals surface area contributed by atoms with Crippen LogP contribution < -0.4 is 4.90 Å². The number of aromatic nitrogens is 1. The molecule has 7 heteroatoms. The number of hydrogen-bond acceptors (Lipinski definition) is 3. The summed E-state index contributed by atoms with van der Waals surface area (Å²) < 4.78 is 29.9. The SMILES string of the molecule is O=C1/C(=C\c2cn(Cc3ccccc3F)c3ccccc23)SC(=S)N1c1ccc(F)cc1. The standard InChI is InChI=1S/C25H16F2N2OS2/c26-18-9-11-19(12-10-18)29-24(30)23(32-25(29)31)13-17-15-28(22-8-4-2-6-20(17)22)14-16-5-1-3-7-21(16)27/h1-13,15H,14H2/b23-13+. The number of carbonyl (C=O) groups is 1. The Balaban J connectivity index is 1.53. The van der Waals surface area contributed by atoms with Gasteiger partial charge in [-0.2, -0.15) is 0 Å². The summed E-state index contributed by atoms with van der Waals surface area (Å²) in [7, 11) is 0. The number of thioether (sulfide) groups is 1. The van der Waals surface area contributed by atoms with Gasteiger partial charge in [-0.1, -0.05) is 60.4 Å². The lowest BCUT2D eigenvalue weighted by molar-refractivity contribution is -0.113. The molecule has 0 unspecified atom stereocenters. The lowest BCUT2D eigenvalue weighted by Crippen LogP contribution is -2.27. The van der Waals surface area contributed by atoms with Crippen LogP contribution in [0.4, 0.5) is 14.5 Å². The van der Waals surface area contributed by atoms with E-state index >= 15 is 0 Å². The molecule has 0 N–H and O–H groups in total. The zero-order chi connectivity index (χ0) is 22.2. The van der Waals surface area contributed by atoms with E-state index in [1.54, 1.807) is 12.1 Å². The fraction of sp³-hybridized carbons (Fsp3) is 0.0400. The molecule has 1 amide bonds. The summed E-state index contributed by atoms with van der Waals surface area (Å²) in [5.41, 5.74) is 2.90. The molecule has 4 aromatic rings. The van der Waals surface area contributed by atoms with Gasteiger partial charge in [0.2, 0.25) is 0 Å². The number of hydrogen-bond donors (Lipinski definition) is 0. The van der Waals surface area contributed by atoms with Crippen LogP contribution in [0.2, 0.25) is 0 Å². The van der Waals surface area contributed by atoms with Crippen molar-refractivity contribution in [1.82, 2.24) is 4.57 Å². The number of nitrogens with zero attached hydrogens (tertiary/aromatic N) is 2. The molecule has 1 aliphatic heterocycles. The smallest absolute Gasteiger partial charge is 0.270 e. The summed E-state index contributed by atoms with van der Waals surface area (Å²) in [6, 6.07) is 20.1. The summed E-state index contributed by atoms with van der Waals surface area (Å²) in [4.78, 5) is 15.0. The molecule has 0 aliphatic carbocycles. The molecule has 5 rings (SSSR count). The van der Waals surface area contributed by atoms with Crippen molar-refractivity contribution in [3.8, 4) is 0 Å². The lowest BCUT2D eigenvalue weighted by atomic mass is 10.1. The van der Waals surface area contributed by atoms with Crippen LogP contribution in [0.5, 0.6) is 0 Å². The largest absolute Gasteiger partial charge is 0.342 e. The molecule has 158 valence electrons. The zero-order valence-corrected chi connectivity index (χ0v) is 18.3. The summed E-state index contributed by atoms with van der Waals surface area (Å²) in [6.45, 7) is 0.373. The van der Waals surface area contributed by atoms with Crippen LogP contribution >= 0.6 is 24.0 Å². The predicted molar refractivity (Wildman–Crippen MR) is 129 cm³/mol. The van der Waals surface area contributed by atoms with Crippen LogP contribution in [0.3, 0.4) is 0 Å². The molecule has 1 saturated heterocycles. The Kier molecular flexibility index (Phi) is 5.36. The maximum absolute atomic E-state index is 14.2. The average molecular weight is 463 g/mol. The first kappa shape index (κ1) is 20.6.